The van der Waals surface area contributed by atoms with Gasteiger partial charge in [-0.15, -0.1) is 0 Å². The summed E-state index contributed by atoms with van der Waals surface area (Å²) in [6.07, 6.45) is -5.48. The van der Waals surface area contributed by atoms with Crippen LogP contribution in [0.1, 0.15) is 32.6 Å². The summed E-state index contributed by atoms with van der Waals surface area (Å²) >= 11 is 0. The minimum Gasteiger partial charge on any atom is -0.481 e. The number of alkyl halides is 3. The molecule has 0 heterocycles. The Balaban J connectivity index is 5.00. The average Bonchev–Trinajstić information content (AvgIpc) is 2.40. The van der Waals surface area contributed by atoms with Crippen LogP contribution in [0.25, 0.3) is 0 Å². The van der Waals surface area contributed by atoms with Gasteiger partial charge in [-0.25, -0.2) is 4.79 Å². The molecule has 0 fully saturated rings. The van der Waals surface area contributed by atoms with Gasteiger partial charge in [-0.2, -0.15) is 13.2 Å². The Kier molecular flexibility index (Phi) is 8.05. The number of hydrogen-bond donors (Lipinski definition) is 4. The molecular formula is C12H17F3N2O6. The Morgan fingerprint density at radius 3 is 2.00 bits per heavy atom. The first-order chi connectivity index (χ1) is 10.5. The zero-order valence-electron chi connectivity index (χ0n) is 12.1. The summed E-state index contributed by atoms with van der Waals surface area (Å²) in [6.45, 7) is 1.70. The molecule has 2 unspecified atom stereocenters. The lowest BCUT2D eigenvalue weighted by Gasteiger charge is -2.21. The molecule has 0 aromatic carbocycles. The molecule has 0 spiro atoms. The van der Waals surface area contributed by atoms with Crippen molar-refractivity contribution in [3.05, 3.63) is 0 Å². The van der Waals surface area contributed by atoms with E-state index in [0.717, 1.165) is 0 Å². The van der Waals surface area contributed by atoms with Crippen molar-refractivity contribution in [2.45, 2.75) is 50.9 Å². The zero-order chi connectivity index (χ0) is 18.2. The van der Waals surface area contributed by atoms with Crippen molar-refractivity contribution in [1.82, 2.24) is 10.6 Å². The van der Waals surface area contributed by atoms with Gasteiger partial charge in [0.2, 0.25) is 5.91 Å². The molecule has 0 aliphatic carbocycles. The van der Waals surface area contributed by atoms with Crippen LogP contribution in [-0.2, 0) is 19.2 Å². The lowest BCUT2D eigenvalue weighted by Crippen LogP contribution is -2.54. The van der Waals surface area contributed by atoms with Gasteiger partial charge in [-0.05, 0) is 6.42 Å². The fourth-order valence-corrected chi connectivity index (χ4v) is 1.56. The zero-order valence-corrected chi connectivity index (χ0v) is 12.1. The standard InChI is InChI=1S/C12H17F3N2O6/c1-2-3-4-6(17-11(23)12(13,14)15)9(20)16-7(10(21)22)5-8(18)19/h6-7H,2-5H2,1H3,(H,16,20)(H,17,23)(H,18,19)(H,21,22). The van der Waals surface area contributed by atoms with E-state index in [1.807, 2.05) is 5.32 Å². The number of rotatable bonds is 9. The van der Waals surface area contributed by atoms with Crippen molar-refractivity contribution in [2.75, 3.05) is 0 Å². The molecule has 0 saturated heterocycles. The normalized spacial score (nSPS) is 13.7. The number of aliphatic carboxylic acids is 2. The molecule has 4 N–H and O–H groups in total. The molecule has 0 aromatic heterocycles. The number of carboxylic acids is 2. The van der Waals surface area contributed by atoms with Crippen molar-refractivity contribution in [3.63, 3.8) is 0 Å². The van der Waals surface area contributed by atoms with E-state index in [0.29, 0.717) is 12.8 Å². The lowest BCUT2D eigenvalue weighted by atomic mass is 10.1. The van der Waals surface area contributed by atoms with Crippen molar-refractivity contribution in [1.29, 1.82) is 0 Å². The molecule has 11 heteroatoms. The molecule has 8 nitrogen and oxygen atoms in total. The van der Waals surface area contributed by atoms with E-state index in [1.54, 1.807) is 6.92 Å². The maximum absolute atomic E-state index is 12.2. The van der Waals surface area contributed by atoms with E-state index in [4.69, 9.17) is 10.2 Å². The number of unbranched alkanes of at least 4 members (excludes halogenated alkanes) is 1. The first-order valence-corrected chi connectivity index (χ1v) is 6.61. The monoisotopic (exact) mass is 342 g/mol. The maximum Gasteiger partial charge on any atom is 0.471 e. The van der Waals surface area contributed by atoms with Gasteiger partial charge in [0.1, 0.15) is 12.1 Å². The first-order valence-electron chi connectivity index (χ1n) is 6.61. The summed E-state index contributed by atoms with van der Waals surface area (Å²) in [5.74, 6) is -6.69. The Morgan fingerprint density at radius 1 is 1.04 bits per heavy atom. The number of carboxylic acid groups (broad SMARTS) is 2. The van der Waals surface area contributed by atoms with Crippen molar-refractivity contribution in [3.8, 4) is 0 Å². The molecule has 0 radical (unpaired) electrons. The molecule has 0 aliphatic heterocycles. The average molecular weight is 342 g/mol. The molecule has 0 aromatic rings. The molecule has 0 bridgehead atoms. The van der Waals surface area contributed by atoms with E-state index in [2.05, 4.69) is 0 Å². The maximum atomic E-state index is 12.2. The van der Waals surface area contributed by atoms with E-state index >= 15 is 0 Å². The Bertz CT molecular complexity index is 466. The van der Waals surface area contributed by atoms with Gasteiger partial charge in [-0.1, -0.05) is 19.8 Å². The highest BCUT2D eigenvalue weighted by Gasteiger charge is 2.41. The van der Waals surface area contributed by atoms with E-state index in [1.165, 1.54) is 5.32 Å². The molecule has 132 valence electrons. The quantitative estimate of drug-likeness (QED) is 0.475. The second-order valence-corrected chi connectivity index (χ2v) is 4.66. The van der Waals surface area contributed by atoms with Crippen LogP contribution in [0.5, 0.6) is 0 Å². The summed E-state index contributed by atoms with van der Waals surface area (Å²) < 4.78 is 36.7. The lowest BCUT2D eigenvalue weighted by molar-refractivity contribution is -0.174. The van der Waals surface area contributed by atoms with Gasteiger partial charge in [0.15, 0.2) is 0 Å². The minimum absolute atomic E-state index is 0.149. The topological polar surface area (TPSA) is 133 Å². The summed E-state index contributed by atoms with van der Waals surface area (Å²) in [5.41, 5.74) is 0. The molecule has 0 aliphatic rings. The number of nitrogens with one attached hydrogen (secondary N) is 2. The second kappa shape index (κ2) is 8.96. The molecular weight excluding hydrogens is 325 g/mol. The SMILES string of the molecule is CCCCC(NC(=O)C(F)(F)F)C(=O)NC(CC(=O)O)C(=O)O. The number of carbonyl (C=O) groups is 4. The van der Waals surface area contributed by atoms with E-state index in [9.17, 15) is 32.3 Å². The van der Waals surface area contributed by atoms with E-state index < -0.39 is 48.4 Å². The molecule has 0 rings (SSSR count). The molecule has 0 saturated carbocycles. The number of carbonyl (C=O) groups excluding carboxylic acids is 2. The predicted molar refractivity (Wildman–Crippen MR) is 69.3 cm³/mol. The molecule has 23 heavy (non-hydrogen) atoms. The fourth-order valence-electron chi connectivity index (χ4n) is 1.56. The third-order valence-electron chi connectivity index (χ3n) is 2.72. The Morgan fingerprint density at radius 2 is 1.61 bits per heavy atom. The number of hydrogen-bond acceptors (Lipinski definition) is 4. The van der Waals surface area contributed by atoms with Crippen molar-refractivity contribution in [2.24, 2.45) is 0 Å². The first kappa shape index (κ1) is 20.7. The third kappa shape index (κ3) is 8.02. The largest absolute Gasteiger partial charge is 0.481 e. The van der Waals surface area contributed by atoms with Crippen LogP contribution >= 0.6 is 0 Å². The smallest absolute Gasteiger partial charge is 0.471 e. The second-order valence-electron chi connectivity index (χ2n) is 4.66. The van der Waals surface area contributed by atoms with Crippen molar-refractivity contribution < 1.29 is 42.6 Å². The van der Waals surface area contributed by atoms with Crippen LogP contribution < -0.4 is 10.6 Å². The summed E-state index contributed by atoms with van der Waals surface area (Å²) in [7, 11) is 0. The van der Waals surface area contributed by atoms with Gasteiger partial charge in [0, 0.05) is 0 Å². The van der Waals surface area contributed by atoms with Crippen LogP contribution in [0.4, 0.5) is 13.2 Å². The minimum atomic E-state index is -5.20. The highest BCUT2D eigenvalue weighted by atomic mass is 19.4. The Hall–Kier alpha value is -2.33. The van der Waals surface area contributed by atoms with Crippen LogP contribution in [0.3, 0.4) is 0 Å². The summed E-state index contributed by atoms with van der Waals surface area (Å²) in [6, 6.07) is -3.42. The van der Waals surface area contributed by atoms with Crippen LogP contribution in [-0.4, -0.2) is 52.2 Å². The summed E-state index contributed by atoms with van der Waals surface area (Å²) in [5, 5.41) is 20.6. The number of amides is 2. The highest BCUT2D eigenvalue weighted by molar-refractivity contribution is 5.92. The van der Waals surface area contributed by atoms with Gasteiger partial charge in [0.05, 0.1) is 6.42 Å². The molecule has 2 amide bonds. The van der Waals surface area contributed by atoms with Crippen LogP contribution in [0.15, 0.2) is 0 Å². The van der Waals surface area contributed by atoms with Gasteiger partial charge in [0.25, 0.3) is 0 Å². The van der Waals surface area contributed by atoms with Gasteiger partial charge >= 0.3 is 24.0 Å². The van der Waals surface area contributed by atoms with Crippen LogP contribution in [0.2, 0.25) is 0 Å². The fraction of sp³-hybridized carbons (Fsp3) is 0.667. The van der Waals surface area contributed by atoms with Crippen molar-refractivity contribution >= 4 is 23.8 Å². The third-order valence-corrected chi connectivity index (χ3v) is 2.72. The summed E-state index contributed by atoms with van der Waals surface area (Å²) in [4.78, 5) is 44.1. The van der Waals surface area contributed by atoms with Gasteiger partial charge < -0.3 is 20.8 Å². The Labute approximate surface area is 129 Å². The van der Waals surface area contributed by atoms with Gasteiger partial charge in [-0.3, -0.25) is 14.4 Å². The van der Waals surface area contributed by atoms with E-state index in [-0.39, 0.29) is 6.42 Å². The predicted octanol–water partition coefficient (Wildman–Crippen LogP) is 0.268. The molecule has 2 atom stereocenters. The number of halogens is 3. The highest BCUT2D eigenvalue weighted by Crippen LogP contribution is 2.15. The van der Waals surface area contributed by atoms with Crippen LogP contribution in [0, 0.1) is 0 Å².